The zero-order chi connectivity index (χ0) is 42.9. The number of nitrogens with zero attached hydrogens (tertiary/aromatic N) is 3. The Morgan fingerprint density at radius 2 is 1.85 bits per heavy atom. The number of alkyl carbamates (subject to hydrolysis) is 1. The van der Waals surface area contributed by atoms with E-state index < -0.39 is 74.7 Å². The number of aromatic nitrogens is 2. The molecule has 2 aliphatic carbocycles. The minimum Gasteiger partial charge on any atom is -0.496 e. The van der Waals surface area contributed by atoms with Crippen LogP contribution in [0.3, 0.4) is 0 Å². The maximum atomic E-state index is 14.6. The van der Waals surface area contributed by atoms with Gasteiger partial charge in [-0.3, -0.25) is 19.1 Å². The number of carbonyl (C=O) groups excluding carboxylic acids is 4. The highest BCUT2D eigenvalue weighted by Crippen LogP contribution is 2.46. The van der Waals surface area contributed by atoms with Gasteiger partial charge in [0.15, 0.2) is 5.13 Å². The maximum absolute atomic E-state index is 14.6. The first-order chi connectivity index (χ1) is 28.6. The van der Waals surface area contributed by atoms with Crippen LogP contribution < -0.4 is 30.1 Å². The number of benzene rings is 1. The first-order valence-corrected chi connectivity index (χ1v) is 23.2. The molecule has 4 aliphatic rings. The quantitative estimate of drug-likeness (QED) is 0.187. The Labute approximate surface area is 354 Å². The van der Waals surface area contributed by atoms with E-state index in [4.69, 9.17) is 24.2 Å². The van der Waals surface area contributed by atoms with Gasteiger partial charge in [0.05, 0.1) is 36.7 Å². The molecule has 0 spiro atoms. The normalized spacial score (nSPS) is 25.1. The molecule has 324 valence electrons. The van der Waals surface area contributed by atoms with E-state index in [0.29, 0.717) is 59.5 Å². The van der Waals surface area contributed by atoms with Crippen molar-refractivity contribution in [2.24, 2.45) is 11.8 Å². The topological polar surface area (TPSA) is 207 Å². The summed E-state index contributed by atoms with van der Waals surface area (Å²) in [7, 11) is -2.29. The van der Waals surface area contributed by atoms with Gasteiger partial charge >= 0.3 is 6.09 Å². The van der Waals surface area contributed by atoms with Crippen LogP contribution in [0.1, 0.15) is 84.6 Å². The summed E-state index contributed by atoms with van der Waals surface area (Å²) >= 11 is 1.46. The molecule has 0 radical (unpaired) electrons. The second-order valence-corrected chi connectivity index (χ2v) is 19.7. The Kier molecular flexibility index (Phi) is 12.6. The highest BCUT2D eigenvalue weighted by Gasteiger charge is 2.62. The lowest BCUT2D eigenvalue weighted by Crippen LogP contribution is -2.59. The number of amides is 4. The van der Waals surface area contributed by atoms with Gasteiger partial charge in [0.25, 0.3) is 5.91 Å². The molecule has 0 unspecified atom stereocenters. The fourth-order valence-corrected chi connectivity index (χ4v) is 10.2. The predicted octanol–water partition coefficient (Wildman–Crippen LogP) is 5.07. The molecule has 3 fully saturated rings. The molecule has 2 aliphatic heterocycles. The van der Waals surface area contributed by atoms with Crippen LogP contribution in [0.2, 0.25) is 0 Å². The van der Waals surface area contributed by atoms with Gasteiger partial charge in [-0.2, -0.15) is 0 Å². The van der Waals surface area contributed by atoms with E-state index in [9.17, 15) is 27.6 Å². The number of aryl methyl sites for hydroxylation is 1. The van der Waals surface area contributed by atoms with E-state index >= 15 is 0 Å². The second kappa shape index (κ2) is 17.6. The van der Waals surface area contributed by atoms with Crippen LogP contribution in [0, 0.1) is 11.8 Å². The van der Waals surface area contributed by atoms with Crippen molar-refractivity contribution in [3.05, 3.63) is 41.8 Å². The number of thiazole rings is 1. The third kappa shape index (κ3) is 9.33. The van der Waals surface area contributed by atoms with Crippen molar-refractivity contribution in [1.29, 1.82) is 0 Å². The Morgan fingerprint density at radius 1 is 1.08 bits per heavy atom. The smallest absolute Gasteiger partial charge is 0.407 e. The third-order valence-corrected chi connectivity index (χ3v) is 14.1. The Hall–Kier alpha value is -4.97. The van der Waals surface area contributed by atoms with Gasteiger partial charge in [-0.1, -0.05) is 32.8 Å². The summed E-state index contributed by atoms with van der Waals surface area (Å²) in [6, 6.07) is 3.69. The zero-order valence-corrected chi connectivity index (χ0v) is 36.4. The SMILES string of the molecule is C=C[C@@H]1C[C@]1(NC(=O)[C@@H]1C[C@@H]2CN1C(=O)[C@H](C(C)C)NC(=O)OCCCCCCc1cc3c(cc(-c4csc(NC(C)C)n4)nc3cc1OC)O2)C(=O)NS(=O)(=O)C1CC1. The second-order valence-electron chi connectivity index (χ2n) is 16.9. The first-order valence-electron chi connectivity index (χ1n) is 20.8. The number of hydrogen-bond acceptors (Lipinski definition) is 13. The zero-order valence-electron chi connectivity index (χ0n) is 34.7. The number of hydrogen-bond donors (Lipinski definition) is 4. The number of sulfonamides is 1. The maximum Gasteiger partial charge on any atom is 0.407 e. The van der Waals surface area contributed by atoms with E-state index in [1.54, 1.807) is 21.0 Å². The highest BCUT2D eigenvalue weighted by molar-refractivity contribution is 7.91. The molecule has 2 aromatic heterocycles. The molecule has 3 aromatic rings. The van der Waals surface area contributed by atoms with Crippen molar-refractivity contribution < 1.29 is 41.8 Å². The molecule has 1 aromatic carbocycles. The molecule has 5 atom stereocenters. The van der Waals surface area contributed by atoms with E-state index in [0.717, 1.165) is 30.0 Å². The lowest BCUT2D eigenvalue weighted by Gasteiger charge is -2.31. The number of cyclic esters (lactones) is 1. The Morgan fingerprint density at radius 3 is 2.53 bits per heavy atom. The van der Waals surface area contributed by atoms with Crippen molar-refractivity contribution >= 4 is 61.2 Å². The number of fused-ring (bicyclic) bond motifs is 3. The standard InChI is InChI=1S/C42H55N7O9S2/c1-7-26-20-42(26,39(52)48-60(54,55)28-13-14-28)47-37(50)33-17-27-21-49(33)38(51)36(23(2)3)46-41(53)57-15-11-9-8-10-12-25-16-29-30(18-34(25)56-6)44-31(19-35(29)58-27)32-22-59-40(45-32)43-24(4)5/h7,16,18-19,22-24,26-28,33,36H,1,8-15,17,20-21H2,2-6H3,(H,43,45)(H,46,53)(H,47,50)(H,48,52)/t26-,27-,33+,36+,42-/m1/s1. The summed E-state index contributed by atoms with van der Waals surface area (Å²) in [6.07, 6.45) is 5.02. The fourth-order valence-electron chi connectivity index (χ4n) is 7.96. The molecule has 2 saturated carbocycles. The molecule has 18 heteroatoms. The first kappa shape index (κ1) is 43.1. The van der Waals surface area contributed by atoms with E-state index in [1.807, 2.05) is 37.4 Å². The van der Waals surface area contributed by atoms with Crippen LogP contribution >= 0.6 is 11.3 Å². The van der Waals surface area contributed by atoms with Crippen LogP contribution in [-0.2, 0) is 35.6 Å². The summed E-state index contributed by atoms with van der Waals surface area (Å²) in [5.41, 5.74) is 1.19. The molecule has 7 rings (SSSR count). The summed E-state index contributed by atoms with van der Waals surface area (Å²) in [5.74, 6) is -1.81. The summed E-state index contributed by atoms with van der Waals surface area (Å²) in [5, 5.41) is 11.6. The summed E-state index contributed by atoms with van der Waals surface area (Å²) < 4.78 is 46.0. The number of rotatable bonds is 11. The predicted molar refractivity (Wildman–Crippen MR) is 227 cm³/mol. The lowest BCUT2D eigenvalue weighted by atomic mass is 10.0. The monoisotopic (exact) mass is 865 g/mol. The molecular formula is C42H55N7O9S2. The van der Waals surface area contributed by atoms with E-state index in [2.05, 4.69) is 27.3 Å². The van der Waals surface area contributed by atoms with E-state index in [1.165, 1.54) is 22.3 Å². The highest BCUT2D eigenvalue weighted by atomic mass is 32.2. The molecule has 4 amide bonds. The largest absolute Gasteiger partial charge is 0.496 e. The number of anilines is 1. The number of methoxy groups -OCH3 is 1. The molecule has 4 N–H and O–H groups in total. The Balaban J connectivity index is 1.27. The number of carbonyl (C=O) groups is 4. The van der Waals surface area contributed by atoms with Gasteiger partial charge in [0.1, 0.15) is 40.9 Å². The average Bonchev–Trinajstić information content (AvgIpc) is 4.09. The van der Waals surface area contributed by atoms with Crippen LogP contribution in [0.5, 0.6) is 11.5 Å². The number of pyridine rings is 1. The Bertz CT molecular complexity index is 2260. The number of nitrogens with one attached hydrogen (secondary N) is 4. The van der Waals surface area contributed by atoms with Gasteiger partial charge < -0.3 is 35.1 Å². The van der Waals surface area contributed by atoms with E-state index in [-0.39, 0.29) is 32.0 Å². The van der Waals surface area contributed by atoms with Gasteiger partial charge in [0.2, 0.25) is 21.8 Å². The van der Waals surface area contributed by atoms with Gasteiger partial charge in [-0.25, -0.2) is 23.2 Å². The fraction of sp³-hybridized carbons (Fsp3) is 0.571. The summed E-state index contributed by atoms with van der Waals surface area (Å²) in [6.45, 7) is 11.6. The average molecular weight is 866 g/mol. The van der Waals surface area contributed by atoms with Gasteiger partial charge in [-0.15, -0.1) is 17.9 Å². The van der Waals surface area contributed by atoms with Crippen LogP contribution in [0.25, 0.3) is 22.3 Å². The molecule has 4 bridgehead atoms. The van der Waals surface area contributed by atoms with Crippen LogP contribution in [-0.4, -0.2) is 102 Å². The molecule has 16 nitrogen and oxygen atoms in total. The van der Waals surface area contributed by atoms with Crippen molar-refractivity contribution in [2.75, 3.05) is 25.6 Å². The van der Waals surface area contributed by atoms with Crippen molar-refractivity contribution in [1.82, 2.24) is 30.2 Å². The van der Waals surface area contributed by atoms with Gasteiger partial charge in [0, 0.05) is 41.3 Å². The molecule has 1 saturated heterocycles. The third-order valence-electron chi connectivity index (χ3n) is 11.5. The van der Waals surface area contributed by atoms with Crippen molar-refractivity contribution in [3.63, 3.8) is 0 Å². The summed E-state index contributed by atoms with van der Waals surface area (Å²) in [4.78, 5) is 66.9. The van der Waals surface area contributed by atoms with Gasteiger partial charge in [-0.05, 0) is 69.9 Å². The van der Waals surface area contributed by atoms with Crippen molar-refractivity contribution in [3.8, 4) is 22.9 Å². The molecule has 4 heterocycles. The minimum atomic E-state index is -3.92. The van der Waals surface area contributed by atoms with Crippen LogP contribution in [0.15, 0.2) is 36.2 Å². The lowest BCUT2D eigenvalue weighted by molar-refractivity contribution is -0.141. The molecule has 60 heavy (non-hydrogen) atoms. The number of ether oxygens (including phenoxy) is 3. The molecular weight excluding hydrogens is 811 g/mol. The van der Waals surface area contributed by atoms with Crippen LogP contribution in [0.4, 0.5) is 9.93 Å². The minimum absolute atomic E-state index is 0.0188. The van der Waals surface area contributed by atoms with Crippen molar-refractivity contribution in [2.45, 2.75) is 121 Å².